The number of nitrogens with zero attached hydrogens (tertiary/aromatic N) is 3. The Hall–Kier alpha value is -5.80. The molecule has 0 atom stereocenters. The second kappa shape index (κ2) is 9.37. The smallest absolute Gasteiger partial charge is 0.0547 e. The van der Waals surface area contributed by atoms with Gasteiger partial charge in [0.05, 0.1) is 11.0 Å². The molecule has 3 heterocycles. The molecule has 3 aromatic heterocycles. The molecule has 0 aliphatic carbocycles. The lowest BCUT2D eigenvalue weighted by Crippen LogP contribution is -1.96. The molecule has 0 amide bonds. The Labute approximate surface area is 248 Å². The van der Waals surface area contributed by atoms with E-state index in [2.05, 4.69) is 130 Å². The third-order valence-corrected chi connectivity index (χ3v) is 8.70. The minimum Gasteiger partial charge on any atom is -0.309 e. The Bertz CT molecular complexity index is 2440. The number of rotatable bonds is 3. The van der Waals surface area contributed by atoms with Gasteiger partial charge in [0.25, 0.3) is 0 Å². The van der Waals surface area contributed by atoms with E-state index in [4.69, 9.17) is 0 Å². The normalized spacial score (nSPS) is 11.7. The molecule has 0 saturated heterocycles. The van der Waals surface area contributed by atoms with Gasteiger partial charge < -0.3 is 4.57 Å². The number of hydrogen-bond donors (Lipinski definition) is 0. The van der Waals surface area contributed by atoms with E-state index in [-0.39, 0.29) is 0 Å². The average Bonchev–Trinajstić information content (AvgIpc) is 3.41. The molecule has 9 rings (SSSR count). The first-order valence-electron chi connectivity index (χ1n) is 14.6. The van der Waals surface area contributed by atoms with Crippen LogP contribution in [0.4, 0.5) is 0 Å². The number of para-hydroxylation sites is 1. The molecule has 0 aliphatic heterocycles. The molecule has 0 saturated carbocycles. The van der Waals surface area contributed by atoms with Crippen LogP contribution in [0.25, 0.3) is 82.1 Å². The summed E-state index contributed by atoms with van der Waals surface area (Å²) in [6.07, 6.45) is 7.51. The number of fused-ring (bicyclic) bond motifs is 9. The second-order valence-corrected chi connectivity index (χ2v) is 11.1. The fourth-order valence-corrected chi connectivity index (χ4v) is 6.79. The summed E-state index contributed by atoms with van der Waals surface area (Å²) in [5, 5.41) is 10.2. The third kappa shape index (κ3) is 3.68. The monoisotopic (exact) mass is 547 g/mol. The molecule has 43 heavy (non-hydrogen) atoms. The van der Waals surface area contributed by atoms with Crippen molar-refractivity contribution in [2.45, 2.75) is 0 Å². The van der Waals surface area contributed by atoms with E-state index in [1.165, 1.54) is 54.1 Å². The predicted molar refractivity (Wildman–Crippen MR) is 180 cm³/mol. The first kappa shape index (κ1) is 23.9. The molecular formula is C40H25N3. The highest BCUT2D eigenvalue weighted by atomic mass is 15.0. The molecular weight excluding hydrogens is 522 g/mol. The first-order chi connectivity index (χ1) is 21.3. The Kier molecular flexibility index (Phi) is 5.20. The van der Waals surface area contributed by atoms with E-state index in [0.717, 1.165) is 27.9 Å². The van der Waals surface area contributed by atoms with Gasteiger partial charge in [0.2, 0.25) is 0 Å². The van der Waals surface area contributed by atoms with Gasteiger partial charge in [-0.25, -0.2) is 0 Å². The van der Waals surface area contributed by atoms with Crippen molar-refractivity contribution in [3.05, 3.63) is 152 Å². The maximum atomic E-state index is 4.42. The van der Waals surface area contributed by atoms with E-state index in [1.54, 1.807) is 0 Å². The maximum absolute atomic E-state index is 4.42. The SMILES string of the molecule is c1cncc(-c2cc(-c3cccnc3)cc(-n3c4ccccc4c4cc5c6ccccc6c6ccccc6c5cc43)c2)c1. The van der Waals surface area contributed by atoms with Gasteiger partial charge in [0.15, 0.2) is 0 Å². The molecule has 0 spiro atoms. The van der Waals surface area contributed by atoms with Crippen LogP contribution in [0.15, 0.2) is 152 Å². The van der Waals surface area contributed by atoms with Gasteiger partial charge in [0, 0.05) is 52.4 Å². The van der Waals surface area contributed by atoms with Gasteiger partial charge >= 0.3 is 0 Å². The largest absolute Gasteiger partial charge is 0.309 e. The van der Waals surface area contributed by atoms with Crippen molar-refractivity contribution in [2.75, 3.05) is 0 Å². The Morgan fingerprint density at radius 2 is 0.860 bits per heavy atom. The highest BCUT2D eigenvalue weighted by Crippen LogP contribution is 2.41. The lowest BCUT2D eigenvalue weighted by molar-refractivity contribution is 1.18. The lowest BCUT2D eigenvalue weighted by atomic mass is 9.93. The minimum atomic E-state index is 1.08. The van der Waals surface area contributed by atoms with Crippen molar-refractivity contribution in [1.82, 2.24) is 14.5 Å². The molecule has 0 aliphatic rings. The van der Waals surface area contributed by atoms with E-state index >= 15 is 0 Å². The molecule has 0 fully saturated rings. The summed E-state index contributed by atoms with van der Waals surface area (Å²) in [4.78, 5) is 8.85. The molecule has 0 unspecified atom stereocenters. The zero-order valence-electron chi connectivity index (χ0n) is 23.3. The van der Waals surface area contributed by atoms with Crippen LogP contribution in [0, 0.1) is 0 Å². The molecule has 0 bridgehead atoms. The molecule has 0 N–H and O–H groups in total. The van der Waals surface area contributed by atoms with Gasteiger partial charge in [-0.1, -0.05) is 78.9 Å². The summed E-state index contributed by atoms with van der Waals surface area (Å²) < 4.78 is 2.42. The van der Waals surface area contributed by atoms with Gasteiger partial charge in [-0.3, -0.25) is 9.97 Å². The molecule has 200 valence electrons. The summed E-state index contributed by atoms with van der Waals surface area (Å²) in [5.74, 6) is 0. The minimum absolute atomic E-state index is 1.08. The van der Waals surface area contributed by atoms with Crippen LogP contribution in [-0.2, 0) is 0 Å². The molecule has 6 aromatic carbocycles. The Morgan fingerprint density at radius 1 is 0.349 bits per heavy atom. The van der Waals surface area contributed by atoms with Crippen molar-refractivity contribution in [1.29, 1.82) is 0 Å². The fourth-order valence-electron chi connectivity index (χ4n) is 6.79. The Morgan fingerprint density at radius 3 is 1.42 bits per heavy atom. The highest BCUT2D eigenvalue weighted by Gasteiger charge is 2.17. The summed E-state index contributed by atoms with van der Waals surface area (Å²) in [7, 11) is 0. The number of pyridine rings is 2. The van der Waals surface area contributed by atoms with E-state index in [0.29, 0.717) is 0 Å². The van der Waals surface area contributed by atoms with Crippen LogP contribution in [0.5, 0.6) is 0 Å². The zero-order valence-corrected chi connectivity index (χ0v) is 23.3. The molecule has 9 aromatic rings. The second-order valence-electron chi connectivity index (χ2n) is 11.1. The summed E-state index contributed by atoms with van der Waals surface area (Å²) in [6.45, 7) is 0. The van der Waals surface area contributed by atoms with Gasteiger partial charge in [-0.2, -0.15) is 0 Å². The van der Waals surface area contributed by atoms with E-state index in [9.17, 15) is 0 Å². The van der Waals surface area contributed by atoms with Crippen LogP contribution in [-0.4, -0.2) is 14.5 Å². The zero-order chi connectivity index (χ0) is 28.3. The molecule has 3 nitrogen and oxygen atoms in total. The average molecular weight is 548 g/mol. The quantitative estimate of drug-likeness (QED) is 0.206. The summed E-state index contributed by atoms with van der Waals surface area (Å²) >= 11 is 0. The Balaban J connectivity index is 1.43. The van der Waals surface area contributed by atoms with Crippen molar-refractivity contribution in [2.24, 2.45) is 0 Å². The summed E-state index contributed by atoms with van der Waals surface area (Å²) in [6, 6.07) is 46.2. The van der Waals surface area contributed by atoms with Crippen LogP contribution >= 0.6 is 0 Å². The van der Waals surface area contributed by atoms with Crippen molar-refractivity contribution in [3.8, 4) is 27.9 Å². The number of benzene rings is 6. The first-order valence-corrected chi connectivity index (χ1v) is 14.6. The summed E-state index contributed by atoms with van der Waals surface area (Å²) in [5.41, 5.74) is 7.88. The van der Waals surface area contributed by atoms with Gasteiger partial charge in [-0.15, -0.1) is 0 Å². The third-order valence-electron chi connectivity index (χ3n) is 8.70. The van der Waals surface area contributed by atoms with Crippen LogP contribution in [0.1, 0.15) is 0 Å². The van der Waals surface area contributed by atoms with Crippen LogP contribution < -0.4 is 0 Å². The van der Waals surface area contributed by atoms with E-state index in [1.807, 2.05) is 36.9 Å². The maximum Gasteiger partial charge on any atom is 0.0547 e. The molecule has 3 heteroatoms. The van der Waals surface area contributed by atoms with Crippen molar-refractivity contribution >= 4 is 54.1 Å². The van der Waals surface area contributed by atoms with Gasteiger partial charge in [0.1, 0.15) is 0 Å². The van der Waals surface area contributed by atoms with Gasteiger partial charge in [-0.05, 0) is 92.0 Å². The van der Waals surface area contributed by atoms with Crippen molar-refractivity contribution in [3.63, 3.8) is 0 Å². The number of hydrogen-bond acceptors (Lipinski definition) is 2. The van der Waals surface area contributed by atoms with E-state index < -0.39 is 0 Å². The highest BCUT2D eigenvalue weighted by molar-refractivity contribution is 6.28. The fraction of sp³-hybridized carbons (Fsp3) is 0. The van der Waals surface area contributed by atoms with Crippen molar-refractivity contribution < 1.29 is 0 Å². The predicted octanol–water partition coefficient (Wildman–Crippen LogP) is 10.4. The van der Waals surface area contributed by atoms with Crippen LogP contribution in [0.3, 0.4) is 0 Å². The van der Waals surface area contributed by atoms with Crippen LogP contribution in [0.2, 0.25) is 0 Å². The number of aromatic nitrogens is 3. The topological polar surface area (TPSA) is 30.7 Å². The lowest BCUT2D eigenvalue weighted by Gasteiger charge is -2.15. The molecule has 0 radical (unpaired) electrons. The standard InChI is InChI=1S/C40H25N3/c1-3-13-33-31(11-1)32-12-2-4-14-34(32)37-23-40-38(22-36(33)37)35-15-5-6-16-39(35)43(40)30-20-28(26-9-7-17-41-24-26)19-29(21-30)27-10-8-18-42-25-27/h1-25H.